The number of benzene rings is 3. The maximum absolute atomic E-state index is 13.4. The molecule has 0 bridgehead atoms. The first-order chi connectivity index (χ1) is 18.1. The summed E-state index contributed by atoms with van der Waals surface area (Å²) in [5.74, 6) is -0.0452. The average molecular weight is 499 g/mol. The Morgan fingerprint density at radius 3 is 2.32 bits per heavy atom. The van der Waals surface area contributed by atoms with Crippen molar-refractivity contribution < 1.29 is 14.4 Å². The number of likely N-dealkylation sites (tertiary alicyclic amines) is 1. The minimum atomic E-state index is -0.173. The molecule has 1 atom stereocenters. The van der Waals surface area contributed by atoms with Crippen molar-refractivity contribution in [2.45, 2.75) is 19.4 Å². The number of carbonyl (C=O) groups is 3. The van der Waals surface area contributed by atoms with Gasteiger partial charge in [0.1, 0.15) is 0 Å². The maximum Gasteiger partial charge on any atom is 0.254 e. The zero-order valence-corrected chi connectivity index (χ0v) is 21.1. The highest BCUT2D eigenvalue weighted by atomic mass is 16.2. The van der Waals surface area contributed by atoms with Crippen LogP contribution in [0.2, 0.25) is 0 Å². The summed E-state index contributed by atoms with van der Waals surface area (Å²) in [5, 5.41) is 4.97. The lowest BCUT2D eigenvalue weighted by Crippen LogP contribution is -2.54. The van der Waals surface area contributed by atoms with E-state index in [4.69, 9.17) is 0 Å². The number of carbonyl (C=O) groups excluding carboxylic acids is 3. The van der Waals surface area contributed by atoms with Crippen LogP contribution in [0.25, 0.3) is 10.8 Å². The Kier molecular flexibility index (Phi) is 7.80. The number of piperidine rings is 1. The summed E-state index contributed by atoms with van der Waals surface area (Å²) < 4.78 is 0. The molecule has 2 heterocycles. The third-order valence-corrected chi connectivity index (χ3v) is 7.46. The number of nitrogens with zero attached hydrogens (tertiary/aromatic N) is 3. The molecule has 0 radical (unpaired) electrons. The quantitative estimate of drug-likeness (QED) is 0.567. The molecular formula is C30H34N4O3. The van der Waals surface area contributed by atoms with E-state index < -0.39 is 0 Å². The van der Waals surface area contributed by atoms with Gasteiger partial charge in [-0.05, 0) is 35.2 Å². The van der Waals surface area contributed by atoms with Crippen molar-refractivity contribution in [3.05, 3.63) is 83.9 Å². The zero-order chi connectivity index (χ0) is 25.6. The van der Waals surface area contributed by atoms with Gasteiger partial charge in [-0.25, -0.2) is 0 Å². The van der Waals surface area contributed by atoms with Crippen molar-refractivity contribution in [3.8, 4) is 0 Å². The van der Waals surface area contributed by atoms with Gasteiger partial charge in [-0.3, -0.25) is 19.3 Å². The smallest absolute Gasteiger partial charge is 0.254 e. The second kappa shape index (κ2) is 11.6. The van der Waals surface area contributed by atoms with Crippen LogP contribution in [0.3, 0.4) is 0 Å². The molecule has 0 saturated carbocycles. The standard InChI is InChI=1S/C30H34N4O3/c35-28(31-20-23-8-2-1-3-9-23)22-32-16-18-33(19-17-32)29(36)25-12-7-15-34(21-25)30(37)27-14-6-11-24-10-4-5-13-26(24)27/h1-6,8-11,13-14,25H,7,12,15-22H2,(H,31,35). The highest BCUT2D eigenvalue weighted by molar-refractivity contribution is 6.07. The molecule has 3 amide bonds. The Morgan fingerprint density at radius 1 is 0.784 bits per heavy atom. The van der Waals surface area contributed by atoms with Crippen LogP contribution in [0.4, 0.5) is 0 Å². The number of fused-ring (bicyclic) bond motifs is 1. The fraction of sp³-hybridized carbons (Fsp3) is 0.367. The van der Waals surface area contributed by atoms with E-state index in [2.05, 4.69) is 10.2 Å². The van der Waals surface area contributed by atoms with Crippen molar-refractivity contribution in [1.82, 2.24) is 20.0 Å². The van der Waals surface area contributed by atoms with Crippen LogP contribution in [0.5, 0.6) is 0 Å². The van der Waals surface area contributed by atoms with Crippen molar-refractivity contribution in [1.29, 1.82) is 0 Å². The Bertz CT molecular complexity index is 1250. The number of hydrogen-bond donors (Lipinski definition) is 1. The van der Waals surface area contributed by atoms with Crippen LogP contribution in [-0.2, 0) is 16.1 Å². The van der Waals surface area contributed by atoms with Gasteiger partial charge in [0, 0.05) is 51.4 Å². The Labute approximate surface area is 218 Å². The lowest BCUT2D eigenvalue weighted by molar-refractivity contribution is -0.138. The van der Waals surface area contributed by atoms with E-state index >= 15 is 0 Å². The first-order valence-electron chi connectivity index (χ1n) is 13.2. The monoisotopic (exact) mass is 498 g/mol. The van der Waals surface area contributed by atoms with Crippen LogP contribution in [0, 0.1) is 5.92 Å². The van der Waals surface area contributed by atoms with E-state index in [9.17, 15) is 14.4 Å². The number of nitrogens with one attached hydrogen (secondary N) is 1. The van der Waals surface area contributed by atoms with Gasteiger partial charge in [0.2, 0.25) is 11.8 Å². The SMILES string of the molecule is O=C(CN1CCN(C(=O)C2CCCN(C(=O)c3cccc4ccccc34)C2)CC1)NCc1ccccc1. The van der Waals surface area contributed by atoms with Crippen molar-refractivity contribution in [2.75, 3.05) is 45.8 Å². The van der Waals surface area contributed by atoms with E-state index in [1.54, 1.807) is 0 Å². The minimum Gasteiger partial charge on any atom is -0.351 e. The summed E-state index contributed by atoms with van der Waals surface area (Å²) in [6.07, 6.45) is 1.63. The van der Waals surface area contributed by atoms with Gasteiger partial charge in [0.05, 0.1) is 12.5 Å². The number of hydrogen-bond acceptors (Lipinski definition) is 4. The Morgan fingerprint density at radius 2 is 1.51 bits per heavy atom. The van der Waals surface area contributed by atoms with Crippen molar-refractivity contribution >= 4 is 28.5 Å². The molecule has 2 aliphatic heterocycles. The van der Waals surface area contributed by atoms with Crippen LogP contribution >= 0.6 is 0 Å². The fourth-order valence-electron chi connectivity index (χ4n) is 5.39. The molecular weight excluding hydrogens is 464 g/mol. The van der Waals surface area contributed by atoms with Gasteiger partial charge in [-0.2, -0.15) is 0 Å². The van der Waals surface area contributed by atoms with E-state index in [1.807, 2.05) is 82.6 Å². The Balaban J connectivity index is 1.12. The molecule has 3 aromatic rings. The summed E-state index contributed by atoms with van der Waals surface area (Å²) >= 11 is 0. The lowest BCUT2D eigenvalue weighted by atomic mass is 9.95. The number of rotatable bonds is 6. The largest absolute Gasteiger partial charge is 0.351 e. The molecule has 7 heteroatoms. The van der Waals surface area contributed by atoms with Gasteiger partial charge in [-0.15, -0.1) is 0 Å². The van der Waals surface area contributed by atoms with Gasteiger partial charge < -0.3 is 15.1 Å². The molecule has 1 unspecified atom stereocenters. The lowest BCUT2D eigenvalue weighted by Gasteiger charge is -2.39. The van der Waals surface area contributed by atoms with Gasteiger partial charge in [0.25, 0.3) is 5.91 Å². The number of amides is 3. The molecule has 192 valence electrons. The van der Waals surface area contributed by atoms with E-state index in [1.165, 1.54) is 0 Å². The summed E-state index contributed by atoms with van der Waals surface area (Å²) in [6, 6.07) is 23.6. The summed E-state index contributed by atoms with van der Waals surface area (Å²) in [4.78, 5) is 45.0. The summed E-state index contributed by atoms with van der Waals surface area (Å²) in [5.41, 5.74) is 1.78. The second-order valence-electron chi connectivity index (χ2n) is 9.98. The van der Waals surface area contributed by atoms with Crippen LogP contribution in [-0.4, -0.2) is 78.2 Å². The predicted octanol–water partition coefficient (Wildman–Crippen LogP) is 3.15. The first-order valence-corrected chi connectivity index (χ1v) is 13.2. The molecule has 5 rings (SSSR count). The molecule has 2 aliphatic rings. The molecule has 1 N–H and O–H groups in total. The minimum absolute atomic E-state index is 0.000587. The van der Waals surface area contributed by atoms with Crippen molar-refractivity contribution in [2.24, 2.45) is 5.92 Å². The predicted molar refractivity (Wildman–Crippen MR) is 144 cm³/mol. The zero-order valence-electron chi connectivity index (χ0n) is 21.1. The van der Waals surface area contributed by atoms with E-state index in [-0.39, 0.29) is 23.6 Å². The molecule has 2 saturated heterocycles. The molecule has 2 fully saturated rings. The molecule has 3 aromatic carbocycles. The third-order valence-electron chi connectivity index (χ3n) is 7.46. The van der Waals surface area contributed by atoms with Gasteiger partial charge in [0.15, 0.2) is 0 Å². The maximum atomic E-state index is 13.4. The van der Waals surface area contributed by atoms with Crippen molar-refractivity contribution in [3.63, 3.8) is 0 Å². The molecule has 37 heavy (non-hydrogen) atoms. The molecule has 0 aliphatic carbocycles. The molecule has 7 nitrogen and oxygen atoms in total. The average Bonchev–Trinajstić information content (AvgIpc) is 2.96. The topological polar surface area (TPSA) is 73.0 Å². The first kappa shape index (κ1) is 25.0. The van der Waals surface area contributed by atoms with E-state index in [0.29, 0.717) is 57.9 Å². The van der Waals surface area contributed by atoms with Crippen LogP contribution in [0.15, 0.2) is 72.8 Å². The third kappa shape index (κ3) is 6.00. The Hall–Kier alpha value is -3.71. The van der Waals surface area contributed by atoms with Gasteiger partial charge in [-0.1, -0.05) is 66.7 Å². The van der Waals surface area contributed by atoms with Crippen LogP contribution in [0.1, 0.15) is 28.8 Å². The van der Waals surface area contributed by atoms with Crippen LogP contribution < -0.4 is 5.32 Å². The second-order valence-corrected chi connectivity index (χ2v) is 9.98. The number of piperazine rings is 1. The highest BCUT2D eigenvalue weighted by Gasteiger charge is 2.33. The summed E-state index contributed by atoms with van der Waals surface area (Å²) in [6.45, 7) is 4.57. The summed E-state index contributed by atoms with van der Waals surface area (Å²) in [7, 11) is 0. The van der Waals surface area contributed by atoms with Gasteiger partial charge >= 0.3 is 0 Å². The normalized spacial score (nSPS) is 18.5. The molecule has 0 spiro atoms. The van der Waals surface area contributed by atoms with E-state index in [0.717, 1.165) is 29.2 Å². The molecule has 0 aromatic heterocycles. The fourth-order valence-corrected chi connectivity index (χ4v) is 5.39. The highest BCUT2D eigenvalue weighted by Crippen LogP contribution is 2.25.